The van der Waals surface area contributed by atoms with E-state index in [1.165, 1.54) is 7.11 Å². The van der Waals surface area contributed by atoms with E-state index < -0.39 is 5.82 Å². The molecule has 0 spiro atoms. The van der Waals surface area contributed by atoms with E-state index in [0.717, 1.165) is 6.07 Å². The molecule has 0 aliphatic rings. The zero-order valence-electron chi connectivity index (χ0n) is 6.97. The van der Waals surface area contributed by atoms with Gasteiger partial charge in [0, 0.05) is 6.07 Å². The van der Waals surface area contributed by atoms with Gasteiger partial charge in [0.05, 0.1) is 12.8 Å². The molecule has 0 saturated heterocycles. The molecule has 0 atom stereocenters. The number of hydrogen-bond acceptors (Lipinski definition) is 3. The number of nitrogens with zero attached hydrogens (tertiary/aromatic N) is 1. The minimum Gasteiger partial charge on any atom is -0.495 e. The molecule has 0 bridgehead atoms. The molecule has 13 heavy (non-hydrogen) atoms. The number of pyridine rings is 1. The van der Waals surface area contributed by atoms with E-state index in [4.69, 9.17) is 10.5 Å². The summed E-state index contributed by atoms with van der Waals surface area (Å²) in [6, 6.07) is 1.16. The highest BCUT2D eigenvalue weighted by Gasteiger charge is 2.10. The lowest BCUT2D eigenvalue weighted by Gasteiger charge is -2.07. The van der Waals surface area contributed by atoms with Gasteiger partial charge in [-0.3, -0.25) is 0 Å². The summed E-state index contributed by atoms with van der Waals surface area (Å²) in [7, 11) is 1.45. The maximum atomic E-state index is 12.9. The van der Waals surface area contributed by atoms with Crippen LogP contribution in [0.1, 0.15) is 5.69 Å². The molecule has 0 radical (unpaired) electrons. The van der Waals surface area contributed by atoms with Crippen LogP contribution in [-0.4, -0.2) is 12.1 Å². The van der Waals surface area contributed by atoms with Gasteiger partial charge < -0.3 is 10.5 Å². The Hall–Kier alpha value is -1.10. The van der Waals surface area contributed by atoms with Crippen LogP contribution in [0.4, 0.5) is 10.1 Å². The van der Waals surface area contributed by atoms with Crippen LogP contribution in [0.15, 0.2) is 17.2 Å². The van der Waals surface area contributed by atoms with Crippen LogP contribution in [-0.2, 0) is 4.74 Å². The normalized spacial score (nSPS) is 9.77. The lowest BCUT2D eigenvalue weighted by Crippen LogP contribution is -2.00. The molecule has 1 heterocycles. The van der Waals surface area contributed by atoms with Crippen LogP contribution in [0.2, 0.25) is 0 Å². The SMILES string of the molecule is C=C(OC)c1nc(Br)c(F)cc1N. The summed E-state index contributed by atoms with van der Waals surface area (Å²) in [5.41, 5.74) is 6.05. The van der Waals surface area contributed by atoms with E-state index in [9.17, 15) is 4.39 Å². The fraction of sp³-hybridized carbons (Fsp3) is 0.125. The van der Waals surface area contributed by atoms with Gasteiger partial charge in [0.2, 0.25) is 0 Å². The third-order valence-electron chi connectivity index (χ3n) is 1.47. The van der Waals surface area contributed by atoms with Crippen LogP contribution in [0.5, 0.6) is 0 Å². The van der Waals surface area contributed by atoms with Gasteiger partial charge in [0.25, 0.3) is 0 Å². The molecule has 2 N–H and O–H groups in total. The van der Waals surface area contributed by atoms with Gasteiger partial charge in [-0.25, -0.2) is 9.37 Å². The van der Waals surface area contributed by atoms with Gasteiger partial charge >= 0.3 is 0 Å². The third-order valence-corrected chi connectivity index (χ3v) is 2.03. The summed E-state index contributed by atoms with van der Waals surface area (Å²) in [6.45, 7) is 3.57. The Morgan fingerprint density at radius 2 is 2.38 bits per heavy atom. The first-order valence-electron chi connectivity index (χ1n) is 3.41. The number of nitrogens with two attached hydrogens (primary N) is 1. The molecule has 0 saturated carbocycles. The van der Waals surface area contributed by atoms with Crippen LogP contribution in [0.3, 0.4) is 0 Å². The fourth-order valence-corrected chi connectivity index (χ4v) is 1.09. The Balaban J connectivity index is 3.23. The van der Waals surface area contributed by atoms with Gasteiger partial charge in [-0.15, -0.1) is 0 Å². The molecule has 0 unspecified atom stereocenters. The lowest BCUT2D eigenvalue weighted by atomic mass is 10.3. The van der Waals surface area contributed by atoms with Gasteiger partial charge in [-0.05, 0) is 15.9 Å². The summed E-state index contributed by atoms with van der Waals surface area (Å²) in [6.07, 6.45) is 0. The summed E-state index contributed by atoms with van der Waals surface area (Å²) < 4.78 is 17.8. The molecule has 1 rings (SSSR count). The largest absolute Gasteiger partial charge is 0.495 e. The molecule has 0 aliphatic heterocycles. The summed E-state index contributed by atoms with van der Waals surface area (Å²) in [5, 5.41) is 0. The Labute approximate surface area is 83.5 Å². The predicted molar refractivity (Wildman–Crippen MR) is 52.4 cm³/mol. The molecular formula is C8H8BrFN2O. The Morgan fingerprint density at radius 1 is 1.77 bits per heavy atom. The number of halogens is 2. The number of nitrogen functional groups attached to an aromatic ring is 1. The summed E-state index contributed by atoms with van der Waals surface area (Å²) in [5.74, 6) is -0.205. The number of ether oxygens (including phenoxy) is 1. The molecule has 0 amide bonds. The molecule has 5 heteroatoms. The number of hydrogen-bond donors (Lipinski definition) is 1. The quantitative estimate of drug-likeness (QED) is 0.643. The molecule has 70 valence electrons. The Bertz CT molecular complexity index is 354. The van der Waals surface area contributed by atoms with Gasteiger partial charge in [-0.1, -0.05) is 6.58 Å². The molecule has 3 nitrogen and oxygen atoms in total. The first-order valence-corrected chi connectivity index (χ1v) is 4.20. The van der Waals surface area contributed by atoms with Crippen LogP contribution in [0.25, 0.3) is 5.76 Å². The number of anilines is 1. The molecule has 0 fully saturated rings. The van der Waals surface area contributed by atoms with Crippen molar-refractivity contribution in [3.8, 4) is 0 Å². The highest BCUT2D eigenvalue weighted by Crippen LogP contribution is 2.23. The molecule has 0 aromatic carbocycles. The lowest BCUT2D eigenvalue weighted by molar-refractivity contribution is 0.369. The average Bonchev–Trinajstić information content (AvgIpc) is 2.10. The minimum absolute atomic E-state index is 0.0925. The highest BCUT2D eigenvalue weighted by molar-refractivity contribution is 9.10. The van der Waals surface area contributed by atoms with Crippen molar-refractivity contribution in [3.05, 3.63) is 28.8 Å². The van der Waals surface area contributed by atoms with E-state index in [0.29, 0.717) is 11.5 Å². The van der Waals surface area contributed by atoms with Crippen molar-refractivity contribution in [1.82, 2.24) is 4.98 Å². The second kappa shape index (κ2) is 3.74. The number of aromatic nitrogens is 1. The second-order valence-corrected chi connectivity index (χ2v) is 3.08. The van der Waals surface area contributed by atoms with E-state index in [1.54, 1.807) is 0 Å². The summed E-state index contributed by atoms with van der Waals surface area (Å²) >= 11 is 2.94. The van der Waals surface area contributed by atoms with Crippen molar-refractivity contribution in [2.45, 2.75) is 0 Å². The molecule has 1 aromatic heterocycles. The Morgan fingerprint density at radius 3 is 2.92 bits per heavy atom. The van der Waals surface area contributed by atoms with Crippen LogP contribution >= 0.6 is 15.9 Å². The second-order valence-electron chi connectivity index (χ2n) is 2.33. The Kier molecular flexibility index (Phi) is 2.87. The zero-order valence-corrected chi connectivity index (χ0v) is 8.56. The van der Waals surface area contributed by atoms with Crippen molar-refractivity contribution in [1.29, 1.82) is 0 Å². The topological polar surface area (TPSA) is 48.1 Å². The van der Waals surface area contributed by atoms with Crippen molar-refractivity contribution < 1.29 is 9.13 Å². The van der Waals surface area contributed by atoms with E-state index >= 15 is 0 Å². The van der Waals surface area contributed by atoms with Crippen LogP contribution in [0, 0.1) is 5.82 Å². The van der Waals surface area contributed by atoms with Gasteiger partial charge in [-0.2, -0.15) is 0 Å². The standard InChI is InChI=1S/C8H8BrFN2O/c1-4(13-2)7-6(11)3-5(10)8(9)12-7/h3H,1,11H2,2H3. The highest BCUT2D eigenvalue weighted by atomic mass is 79.9. The van der Waals surface area contributed by atoms with Crippen molar-refractivity contribution in [2.24, 2.45) is 0 Å². The molecule has 0 aliphatic carbocycles. The van der Waals surface area contributed by atoms with Crippen molar-refractivity contribution in [2.75, 3.05) is 12.8 Å². The van der Waals surface area contributed by atoms with Crippen molar-refractivity contribution in [3.63, 3.8) is 0 Å². The predicted octanol–water partition coefficient (Wildman–Crippen LogP) is 2.18. The van der Waals surface area contributed by atoms with E-state index in [-0.39, 0.29) is 10.3 Å². The maximum absolute atomic E-state index is 12.9. The van der Waals surface area contributed by atoms with Crippen molar-refractivity contribution >= 4 is 27.4 Å². The van der Waals surface area contributed by atoms with E-state index in [1.807, 2.05) is 0 Å². The average molecular weight is 247 g/mol. The summed E-state index contributed by atoms with van der Waals surface area (Å²) in [4.78, 5) is 3.84. The maximum Gasteiger partial charge on any atom is 0.158 e. The van der Waals surface area contributed by atoms with Crippen LogP contribution < -0.4 is 5.73 Å². The molecular weight excluding hydrogens is 239 g/mol. The minimum atomic E-state index is -0.509. The fourth-order valence-electron chi connectivity index (χ4n) is 0.801. The zero-order chi connectivity index (χ0) is 10.0. The third kappa shape index (κ3) is 1.98. The number of methoxy groups -OCH3 is 1. The van der Waals surface area contributed by atoms with E-state index in [2.05, 4.69) is 27.5 Å². The van der Waals surface area contributed by atoms with Gasteiger partial charge in [0.1, 0.15) is 16.1 Å². The smallest absolute Gasteiger partial charge is 0.158 e. The monoisotopic (exact) mass is 246 g/mol. The number of rotatable bonds is 2. The van der Waals surface area contributed by atoms with Gasteiger partial charge in [0.15, 0.2) is 5.82 Å². The first-order chi connectivity index (χ1) is 6.06. The first kappa shape index (κ1) is 9.98. The molecule has 1 aromatic rings.